The second kappa shape index (κ2) is 7.75. The minimum Gasteiger partial charge on any atom is -0.368 e. The van der Waals surface area contributed by atoms with Crippen molar-refractivity contribution in [3.05, 3.63) is 12.1 Å². The molecule has 1 unspecified atom stereocenters. The van der Waals surface area contributed by atoms with Crippen LogP contribution in [-0.2, 0) is 9.53 Å². The van der Waals surface area contributed by atoms with Gasteiger partial charge in [0.2, 0.25) is 0 Å². The monoisotopic (exact) mass is 360 g/mol. The van der Waals surface area contributed by atoms with Gasteiger partial charge in [-0.05, 0) is 32.0 Å². The number of carbonyl (C=O) groups excluding carboxylic acids is 1. The van der Waals surface area contributed by atoms with Crippen molar-refractivity contribution in [1.82, 2.24) is 20.0 Å². The molecule has 4 heterocycles. The SMILES string of the molecule is CN1CCN(c2ccc(N3CCN(C(=O)C4CCCO4)CC3)nn2)CC1. The van der Waals surface area contributed by atoms with E-state index in [0.29, 0.717) is 6.61 Å². The minimum atomic E-state index is -0.218. The van der Waals surface area contributed by atoms with Crippen LogP contribution in [0.1, 0.15) is 12.8 Å². The molecule has 0 spiro atoms. The number of carbonyl (C=O) groups is 1. The van der Waals surface area contributed by atoms with E-state index in [4.69, 9.17) is 4.74 Å². The number of hydrogen-bond acceptors (Lipinski definition) is 7. The summed E-state index contributed by atoms with van der Waals surface area (Å²) in [6.45, 7) is 7.85. The van der Waals surface area contributed by atoms with Crippen LogP contribution in [0.15, 0.2) is 12.1 Å². The number of aromatic nitrogens is 2. The maximum Gasteiger partial charge on any atom is 0.251 e. The quantitative estimate of drug-likeness (QED) is 0.755. The average Bonchev–Trinajstić information content (AvgIpc) is 3.23. The fraction of sp³-hybridized carbons (Fsp3) is 0.722. The molecule has 0 N–H and O–H groups in total. The molecule has 4 rings (SSSR count). The molecule has 0 saturated carbocycles. The maximum atomic E-state index is 12.4. The number of ether oxygens (including phenoxy) is 1. The number of rotatable bonds is 3. The van der Waals surface area contributed by atoms with E-state index < -0.39 is 0 Å². The summed E-state index contributed by atoms with van der Waals surface area (Å²) in [6, 6.07) is 4.12. The molecular formula is C18H28N6O2. The number of amides is 1. The third-order valence-corrected chi connectivity index (χ3v) is 5.58. The van der Waals surface area contributed by atoms with Crippen LogP contribution in [0.3, 0.4) is 0 Å². The van der Waals surface area contributed by atoms with E-state index in [1.165, 1.54) is 0 Å². The lowest BCUT2D eigenvalue weighted by Crippen LogP contribution is -2.51. The summed E-state index contributed by atoms with van der Waals surface area (Å²) in [5.41, 5.74) is 0. The predicted molar refractivity (Wildman–Crippen MR) is 99.5 cm³/mol. The molecule has 1 aromatic rings. The first-order valence-electron chi connectivity index (χ1n) is 9.63. The van der Waals surface area contributed by atoms with Crippen molar-refractivity contribution in [3.63, 3.8) is 0 Å². The molecule has 1 aromatic heterocycles. The van der Waals surface area contributed by atoms with Crippen LogP contribution in [0, 0.1) is 0 Å². The Morgan fingerprint density at radius 1 is 0.962 bits per heavy atom. The Balaban J connectivity index is 1.31. The summed E-state index contributed by atoms with van der Waals surface area (Å²) in [6.07, 6.45) is 1.63. The molecule has 142 valence electrons. The first kappa shape index (κ1) is 17.5. The van der Waals surface area contributed by atoms with Crippen molar-refractivity contribution in [1.29, 1.82) is 0 Å². The lowest BCUT2D eigenvalue weighted by molar-refractivity contribution is -0.141. The van der Waals surface area contributed by atoms with Crippen LogP contribution in [0.2, 0.25) is 0 Å². The van der Waals surface area contributed by atoms with Crippen molar-refractivity contribution >= 4 is 17.5 Å². The Labute approximate surface area is 154 Å². The van der Waals surface area contributed by atoms with Gasteiger partial charge in [-0.3, -0.25) is 4.79 Å². The first-order valence-corrected chi connectivity index (χ1v) is 9.63. The topological polar surface area (TPSA) is 65.0 Å². The second-order valence-electron chi connectivity index (χ2n) is 7.35. The van der Waals surface area contributed by atoms with Gasteiger partial charge in [-0.1, -0.05) is 0 Å². The van der Waals surface area contributed by atoms with Crippen molar-refractivity contribution < 1.29 is 9.53 Å². The zero-order chi connectivity index (χ0) is 17.9. The minimum absolute atomic E-state index is 0.152. The van der Waals surface area contributed by atoms with Gasteiger partial charge < -0.3 is 24.3 Å². The molecule has 3 fully saturated rings. The van der Waals surface area contributed by atoms with Crippen LogP contribution >= 0.6 is 0 Å². The molecular weight excluding hydrogens is 332 g/mol. The van der Waals surface area contributed by atoms with E-state index in [9.17, 15) is 4.79 Å². The zero-order valence-corrected chi connectivity index (χ0v) is 15.5. The summed E-state index contributed by atoms with van der Waals surface area (Å²) in [4.78, 5) is 21.2. The van der Waals surface area contributed by atoms with Gasteiger partial charge in [-0.25, -0.2) is 0 Å². The van der Waals surface area contributed by atoms with Gasteiger partial charge in [0.25, 0.3) is 5.91 Å². The molecule has 0 bridgehead atoms. The molecule has 1 amide bonds. The van der Waals surface area contributed by atoms with Crippen molar-refractivity contribution in [2.75, 3.05) is 75.8 Å². The maximum absolute atomic E-state index is 12.4. The van der Waals surface area contributed by atoms with Crippen molar-refractivity contribution in [2.45, 2.75) is 18.9 Å². The third kappa shape index (κ3) is 3.76. The summed E-state index contributed by atoms with van der Waals surface area (Å²) < 4.78 is 5.52. The van der Waals surface area contributed by atoms with Gasteiger partial charge in [-0.15, -0.1) is 10.2 Å². The van der Waals surface area contributed by atoms with E-state index in [-0.39, 0.29) is 12.0 Å². The van der Waals surface area contributed by atoms with Crippen LogP contribution in [0.4, 0.5) is 11.6 Å². The molecule has 0 radical (unpaired) electrons. The molecule has 8 heteroatoms. The lowest BCUT2D eigenvalue weighted by Gasteiger charge is -2.36. The Morgan fingerprint density at radius 3 is 2.04 bits per heavy atom. The van der Waals surface area contributed by atoms with Gasteiger partial charge in [0.05, 0.1) is 0 Å². The standard InChI is InChI=1S/C18H28N6O2/c1-21-6-8-22(9-7-21)16-4-5-17(20-19-16)23-10-12-24(13-11-23)18(25)15-3-2-14-26-15/h4-5,15H,2-3,6-14H2,1H3. The van der Waals surface area contributed by atoms with E-state index in [1.807, 2.05) is 4.90 Å². The Kier molecular flexibility index (Phi) is 5.21. The molecule has 3 aliphatic rings. The van der Waals surface area contributed by atoms with E-state index in [0.717, 1.165) is 76.8 Å². The van der Waals surface area contributed by atoms with Gasteiger partial charge in [0, 0.05) is 59.0 Å². The van der Waals surface area contributed by atoms with E-state index in [2.05, 4.69) is 44.1 Å². The zero-order valence-electron chi connectivity index (χ0n) is 15.5. The number of piperazine rings is 2. The molecule has 0 aliphatic carbocycles. The van der Waals surface area contributed by atoms with Gasteiger partial charge in [0.15, 0.2) is 11.6 Å². The van der Waals surface area contributed by atoms with E-state index >= 15 is 0 Å². The Bertz CT molecular complexity index is 603. The molecule has 1 atom stereocenters. The lowest BCUT2D eigenvalue weighted by atomic mass is 10.2. The highest BCUT2D eigenvalue weighted by Gasteiger charge is 2.30. The molecule has 26 heavy (non-hydrogen) atoms. The summed E-state index contributed by atoms with van der Waals surface area (Å²) >= 11 is 0. The number of anilines is 2. The van der Waals surface area contributed by atoms with Crippen molar-refractivity contribution in [2.24, 2.45) is 0 Å². The smallest absolute Gasteiger partial charge is 0.251 e. The van der Waals surface area contributed by atoms with Crippen LogP contribution < -0.4 is 9.80 Å². The number of nitrogens with zero attached hydrogens (tertiary/aromatic N) is 6. The van der Waals surface area contributed by atoms with Gasteiger partial charge in [-0.2, -0.15) is 0 Å². The van der Waals surface area contributed by atoms with Gasteiger partial charge >= 0.3 is 0 Å². The van der Waals surface area contributed by atoms with Crippen LogP contribution in [-0.4, -0.2) is 98.0 Å². The Morgan fingerprint density at radius 2 is 1.54 bits per heavy atom. The average molecular weight is 360 g/mol. The van der Waals surface area contributed by atoms with Crippen molar-refractivity contribution in [3.8, 4) is 0 Å². The first-order chi connectivity index (χ1) is 12.7. The highest BCUT2D eigenvalue weighted by molar-refractivity contribution is 5.81. The highest BCUT2D eigenvalue weighted by Crippen LogP contribution is 2.19. The normalized spacial score (nSPS) is 25.0. The molecule has 3 saturated heterocycles. The molecule has 3 aliphatic heterocycles. The van der Waals surface area contributed by atoms with E-state index in [1.54, 1.807) is 0 Å². The second-order valence-corrected chi connectivity index (χ2v) is 7.35. The number of hydrogen-bond donors (Lipinski definition) is 0. The third-order valence-electron chi connectivity index (χ3n) is 5.58. The van der Waals surface area contributed by atoms with Crippen LogP contribution in [0.5, 0.6) is 0 Å². The number of likely N-dealkylation sites (N-methyl/N-ethyl adjacent to an activating group) is 1. The fourth-order valence-electron chi connectivity index (χ4n) is 3.82. The van der Waals surface area contributed by atoms with Gasteiger partial charge in [0.1, 0.15) is 6.10 Å². The van der Waals surface area contributed by atoms with Crippen LogP contribution in [0.25, 0.3) is 0 Å². The molecule has 8 nitrogen and oxygen atoms in total. The molecule has 0 aromatic carbocycles. The predicted octanol–water partition coefficient (Wildman–Crippen LogP) is 0.0560. The summed E-state index contributed by atoms with van der Waals surface area (Å²) in [5, 5.41) is 8.87. The summed E-state index contributed by atoms with van der Waals surface area (Å²) in [7, 11) is 2.15. The summed E-state index contributed by atoms with van der Waals surface area (Å²) in [5.74, 6) is 2.00. The Hall–Kier alpha value is -1.93. The highest BCUT2D eigenvalue weighted by atomic mass is 16.5. The fourth-order valence-corrected chi connectivity index (χ4v) is 3.82. The largest absolute Gasteiger partial charge is 0.368 e.